The van der Waals surface area contributed by atoms with Crippen molar-refractivity contribution in [3.63, 3.8) is 0 Å². The number of nitrogens with zero attached hydrogens (tertiary/aromatic N) is 1. The number of nitrogens with one attached hydrogen (secondary N) is 1. The zero-order chi connectivity index (χ0) is 16.8. The second-order valence-electron chi connectivity index (χ2n) is 5.54. The van der Waals surface area contributed by atoms with Gasteiger partial charge in [-0.15, -0.1) is 0 Å². The summed E-state index contributed by atoms with van der Waals surface area (Å²) in [7, 11) is 0. The first-order valence-corrected chi connectivity index (χ1v) is 8.56. The summed E-state index contributed by atoms with van der Waals surface area (Å²) in [6.45, 7) is 1.99. The molecule has 0 bridgehead atoms. The topological polar surface area (TPSA) is 49.4 Å². The molecule has 2 amide bonds. The first kappa shape index (κ1) is 15.1. The van der Waals surface area contributed by atoms with E-state index < -0.39 is 0 Å². The molecule has 2 aliphatic rings. The zero-order valence-corrected chi connectivity index (χ0v) is 14.3. The minimum Gasteiger partial charge on any atom is -0.307 e. The second kappa shape index (κ2) is 5.58. The number of benzene rings is 2. The van der Waals surface area contributed by atoms with Gasteiger partial charge in [-0.05, 0) is 25.1 Å². The van der Waals surface area contributed by atoms with Crippen molar-refractivity contribution in [1.29, 1.82) is 0 Å². The second-order valence-corrected chi connectivity index (χ2v) is 7.23. The van der Waals surface area contributed by atoms with Crippen LogP contribution in [0.15, 0.2) is 53.4 Å². The number of fused-ring (bicyclic) bond motifs is 1. The molecule has 1 fully saturated rings. The van der Waals surface area contributed by atoms with Gasteiger partial charge in [0.25, 0.3) is 11.8 Å². The van der Waals surface area contributed by atoms with Crippen LogP contribution in [-0.2, 0) is 4.79 Å². The van der Waals surface area contributed by atoms with Crippen LogP contribution in [0.2, 0.25) is 0 Å². The van der Waals surface area contributed by atoms with Gasteiger partial charge in [0.1, 0.15) is 9.23 Å². The van der Waals surface area contributed by atoms with Gasteiger partial charge in [-0.25, -0.2) is 0 Å². The van der Waals surface area contributed by atoms with E-state index in [0.29, 0.717) is 20.5 Å². The predicted octanol–water partition coefficient (Wildman–Crippen LogP) is 3.47. The number of carbonyl (C=O) groups is 2. The largest absolute Gasteiger partial charge is 0.307 e. The SMILES string of the molecule is Cc1ccc(N2C(=O)c3ccccc3/C2=C2/SC(=S)NC2=O)cc1. The van der Waals surface area contributed by atoms with Crippen molar-refractivity contribution in [2.45, 2.75) is 6.92 Å². The molecule has 2 aliphatic heterocycles. The summed E-state index contributed by atoms with van der Waals surface area (Å²) in [6.07, 6.45) is 0. The maximum absolute atomic E-state index is 13.0. The zero-order valence-electron chi connectivity index (χ0n) is 12.7. The van der Waals surface area contributed by atoms with Crippen molar-refractivity contribution in [1.82, 2.24) is 5.32 Å². The maximum atomic E-state index is 13.0. The molecule has 1 N–H and O–H groups in total. The predicted molar refractivity (Wildman–Crippen MR) is 99.7 cm³/mol. The molecule has 24 heavy (non-hydrogen) atoms. The van der Waals surface area contributed by atoms with Gasteiger partial charge in [0.2, 0.25) is 0 Å². The van der Waals surface area contributed by atoms with E-state index in [0.717, 1.165) is 16.8 Å². The summed E-state index contributed by atoms with van der Waals surface area (Å²) in [4.78, 5) is 27.3. The molecule has 0 aromatic heterocycles. The summed E-state index contributed by atoms with van der Waals surface area (Å²) < 4.78 is 0.406. The highest BCUT2D eigenvalue weighted by atomic mass is 32.2. The molecule has 118 valence electrons. The van der Waals surface area contributed by atoms with Crippen molar-refractivity contribution >= 4 is 51.5 Å². The Hall–Kier alpha value is -2.44. The highest BCUT2D eigenvalue weighted by Gasteiger charge is 2.39. The van der Waals surface area contributed by atoms with Crippen LogP contribution in [0.1, 0.15) is 21.5 Å². The molecule has 2 heterocycles. The summed E-state index contributed by atoms with van der Waals surface area (Å²) >= 11 is 6.30. The Labute approximate surface area is 148 Å². The Balaban J connectivity index is 1.97. The average molecular weight is 352 g/mol. The number of hydrogen-bond donors (Lipinski definition) is 1. The summed E-state index contributed by atoms with van der Waals surface area (Å²) in [5, 5.41) is 2.63. The van der Waals surface area contributed by atoms with Gasteiger partial charge in [-0.3, -0.25) is 14.5 Å². The lowest BCUT2D eigenvalue weighted by molar-refractivity contribution is -0.115. The molecule has 0 atom stereocenters. The minimum absolute atomic E-state index is 0.136. The van der Waals surface area contributed by atoms with Crippen LogP contribution < -0.4 is 10.2 Å². The molecular formula is C18H12N2O2S2. The number of thiocarbonyl (C=S) groups is 1. The Morgan fingerprint density at radius 3 is 2.29 bits per heavy atom. The van der Waals surface area contributed by atoms with Gasteiger partial charge in [-0.2, -0.15) is 0 Å². The van der Waals surface area contributed by atoms with Crippen molar-refractivity contribution in [3.05, 3.63) is 70.1 Å². The van der Waals surface area contributed by atoms with E-state index in [1.54, 1.807) is 11.0 Å². The van der Waals surface area contributed by atoms with Crippen LogP contribution in [0.4, 0.5) is 5.69 Å². The first-order chi connectivity index (χ1) is 11.6. The van der Waals surface area contributed by atoms with Crippen molar-refractivity contribution in [2.75, 3.05) is 4.90 Å². The lowest BCUT2D eigenvalue weighted by atomic mass is 10.1. The molecule has 4 rings (SSSR count). The number of anilines is 1. The van der Waals surface area contributed by atoms with Crippen molar-refractivity contribution < 1.29 is 9.59 Å². The van der Waals surface area contributed by atoms with Crippen molar-refractivity contribution in [3.8, 4) is 0 Å². The van der Waals surface area contributed by atoms with Gasteiger partial charge in [0.05, 0.1) is 5.70 Å². The Morgan fingerprint density at radius 2 is 1.67 bits per heavy atom. The summed E-state index contributed by atoms with van der Waals surface area (Å²) in [6, 6.07) is 15.0. The monoisotopic (exact) mass is 352 g/mol. The highest BCUT2D eigenvalue weighted by Crippen LogP contribution is 2.42. The molecule has 4 nitrogen and oxygen atoms in total. The summed E-state index contributed by atoms with van der Waals surface area (Å²) in [5.41, 5.74) is 3.78. The quantitative estimate of drug-likeness (QED) is 0.631. The number of amides is 2. The van der Waals surface area contributed by atoms with Crippen LogP contribution in [-0.4, -0.2) is 16.1 Å². The first-order valence-electron chi connectivity index (χ1n) is 7.34. The van der Waals surface area contributed by atoms with Gasteiger partial charge in [0, 0.05) is 16.8 Å². The lowest BCUT2D eigenvalue weighted by Gasteiger charge is -2.19. The third kappa shape index (κ3) is 2.26. The van der Waals surface area contributed by atoms with E-state index in [9.17, 15) is 9.59 Å². The third-order valence-electron chi connectivity index (χ3n) is 3.96. The third-order valence-corrected chi connectivity index (χ3v) is 5.19. The number of carbonyl (C=O) groups excluding carboxylic acids is 2. The molecule has 0 spiro atoms. The Morgan fingerprint density at radius 1 is 1.00 bits per heavy atom. The van der Waals surface area contributed by atoms with Gasteiger partial charge >= 0.3 is 0 Å². The molecule has 1 saturated heterocycles. The fraction of sp³-hybridized carbons (Fsp3) is 0.0556. The molecule has 2 aromatic carbocycles. The smallest absolute Gasteiger partial charge is 0.265 e. The normalized spacial score (nSPS) is 19.7. The number of thioether (sulfide) groups is 1. The maximum Gasteiger partial charge on any atom is 0.265 e. The van der Waals surface area contributed by atoms with E-state index in [2.05, 4.69) is 5.32 Å². The number of rotatable bonds is 1. The molecule has 6 heteroatoms. The molecule has 2 aromatic rings. The van der Waals surface area contributed by atoms with Gasteiger partial charge in [-0.1, -0.05) is 59.9 Å². The summed E-state index contributed by atoms with van der Waals surface area (Å²) in [5.74, 6) is -0.398. The Bertz CT molecular complexity index is 932. The molecule has 0 aliphatic carbocycles. The van der Waals surface area contributed by atoms with E-state index in [4.69, 9.17) is 12.2 Å². The van der Waals surface area contributed by atoms with Crippen LogP contribution in [0.3, 0.4) is 0 Å². The minimum atomic E-state index is -0.262. The van der Waals surface area contributed by atoms with Crippen LogP contribution >= 0.6 is 24.0 Å². The van der Waals surface area contributed by atoms with Crippen LogP contribution in [0.5, 0.6) is 0 Å². The van der Waals surface area contributed by atoms with Crippen molar-refractivity contribution in [2.24, 2.45) is 0 Å². The Kier molecular flexibility index (Phi) is 3.51. The average Bonchev–Trinajstić information content (AvgIpc) is 3.05. The van der Waals surface area contributed by atoms with Crippen LogP contribution in [0, 0.1) is 6.92 Å². The molecule has 0 saturated carbocycles. The molecular weight excluding hydrogens is 340 g/mol. The van der Waals surface area contributed by atoms with E-state index >= 15 is 0 Å². The fourth-order valence-electron chi connectivity index (χ4n) is 2.85. The van der Waals surface area contributed by atoms with Crippen LogP contribution in [0.25, 0.3) is 5.70 Å². The van der Waals surface area contributed by atoms with Gasteiger partial charge < -0.3 is 5.32 Å². The number of hydrogen-bond acceptors (Lipinski definition) is 4. The standard InChI is InChI=1S/C18H12N2O2S2/c1-10-6-8-11(9-7-10)20-14(15-16(21)19-18(23)24-15)12-4-2-3-5-13(12)17(20)22/h2-9H,1H3,(H,19,21,23)/b15-14-. The highest BCUT2D eigenvalue weighted by molar-refractivity contribution is 8.26. The molecule has 0 radical (unpaired) electrons. The van der Waals surface area contributed by atoms with E-state index in [-0.39, 0.29) is 11.8 Å². The molecule has 0 unspecified atom stereocenters. The van der Waals surface area contributed by atoms with Gasteiger partial charge in [0.15, 0.2) is 0 Å². The fourth-order valence-corrected chi connectivity index (χ4v) is 3.97. The van der Waals surface area contributed by atoms with E-state index in [1.807, 2.05) is 49.4 Å². The number of aryl methyl sites for hydroxylation is 1. The lowest BCUT2D eigenvalue weighted by Crippen LogP contribution is -2.25. The van der Waals surface area contributed by atoms with E-state index in [1.165, 1.54) is 11.8 Å².